The van der Waals surface area contributed by atoms with Crippen LogP contribution in [0.4, 0.5) is 5.69 Å². The number of hydrogen-bond donors (Lipinski definition) is 0. The number of sulfonamides is 1. The lowest BCUT2D eigenvalue weighted by atomic mass is 10.2. The van der Waals surface area contributed by atoms with E-state index in [1.54, 1.807) is 43.5 Å². The molecule has 0 saturated heterocycles. The lowest BCUT2D eigenvalue weighted by molar-refractivity contribution is 0.402. The summed E-state index contributed by atoms with van der Waals surface area (Å²) >= 11 is 0. The van der Waals surface area contributed by atoms with Gasteiger partial charge >= 0.3 is 0 Å². The van der Waals surface area contributed by atoms with E-state index in [1.165, 1.54) is 18.5 Å². The van der Waals surface area contributed by atoms with E-state index < -0.39 is 10.0 Å². The highest BCUT2D eigenvalue weighted by Crippen LogP contribution is 2.30. The van der Waals surface area contributed by atoms with E-state index in [1.807, 2.05) is 13.0 Å². The Hall–Kier alpha value is -2.21. The third-order valence-corrected chi connectivity index (χ3v) is 5.20. The van der Waals surface area contributed by atoms with Crippen LogP contribution >= 0.6 is 0 Å². The zero-order valence-electron chi connectivity index (χ0n) is 13.0. The van der Waals surface area contributed by atoms with Crippen LogP contribution in [0.1, 0.15) is 5.56 Å². The number of benzene rings is 2. The van der Waals surface area contributed by atoms with Crippen molar-refractivity contribution >= 4 is 15.7 Å². The normalized spacial score (nSPS) is 11.1. The summed E-state index contributed by atoms with van der Waals surface area (Å²) in [4.78, 5) is 0.147. The molecule has 0 saturated carbocycles. The molecule has 0 bridgehead atoms. The minimum Gasteiger partial charge on any atom is -0.497 e. The Labute approximate surface area is 131 Å². The number of nitrogens with zero attached hydrogens (tertiary/aromatic N) is 1. The molecule has 0 amide bonds. The molecule has 5 nitrogen and oxygen atoms in total. The maximum atomic E-state index is 12.8. The Morgan fingerprint density at radius 1 is 0.955 bits per heavy atom. The predicted molar refractivity (Wildman–Crippen MR) is 86.3 cm³/mol. The van der Waals surface area contributed by atoms with E-state index in [2.05, 4.69) is 0 Å². The molecule has 6 heteroatoms. The molecule has 2 aromatic carbocycles. The minimum absolute atomic E-state index is 0.147. The van der Waals surface area contributed by atoms with Crippen molar-refractivity contribution in [1.29, 1.82) is 0 Å². The second-order valence-electron chi connectivity index (χ2n) is 4.82. The summed E-state index contributed by atoms with van der Waals surface area (Å²) in [5.74, 6) is 0.994. The van der Waals surface area contributed by atoms with Crippen LogP contribution in [0, 0.1) is 6.92 Å². The van der Waals surface area contributed by atoms with Gasteiger partial charge in [-0.05, 0) is 48.9 Å². The van der Waals surface area contributed by atoms with Crippen molar-refractivity contribution in [3.8, 4) is 11.5 Å². The molecule has 0 aliphatic heterocycles. The van der Waals surface area contributed by atoms with Crippen LogP contribution < -0.4 is 13.8 Å². The summed E-state index contributed by atoms with van der Waals surface area (Å²) < 4.78 is 37.2. The highest BCUT2D eigenvalue weighted by atomic mass is 32.2. The van der Waals surface area contributed by atoms with Crippen molar-refractivity contribution in [1.82, 2.24) is 0 Å². The molecule has 0 N–H and O–H groups in total. The first-order chi connectivity index (χ1) is 10.4. The molecular formula is C16H19NO4S. The Morgan fingerprint density at radius 2 is 1.59 bits per heavy atom. The van der Waals surface area contributed by atoms with Gasteiger partial charge in [0.2, 0.25) is 0 Å². The fourth-order valence-corrected chi connectivity index (χ4v) is 3.50. The molecule has 0 aromatic heterocycles. The lowest BCUT2D eigenvalue weighted by Crippen LogP contribution is -2.27. The van der Waals surface area contributed by atoms with Crippen LogP contribution in [0.25, 0.3) is 0 Å². The highest BCUT2D eigenvalue weighted by molar-refractivity contribution is 7.92. The minimum atomic E-state index is -3.71. The van der Waals surface area contributed by atoms with Gasteiger partial charge in [-0.15, -0.1) is 0 Å². The van der Waals surface area contributed by atoms with E-state index in [0.717, 1.165) is 5.56 Å². The summed E-state index contributed by atoms with van der Waals surface area (Å²) in [7, 11) is 0.821. The van der Waals surface area contributed by atoms with E-state index in [-0.39, 0.29) is 4.90 Å². The van der Waals surface area contributed by atoms with Gasteiger partial charge in [-0.2, -0.15) is 0 Å². The summed E-state index contributed by atoms with van der Waals surface area (Å²) in [6, 6.07) is 11.9. The molecule has 0 heterocycles. The van der Waals surface area contributed by atoms with Gasteiger partial charge in [-0.3, -0.25) is 4.31 Å². The van der Waals surface area contributed by atoms with Gasteiger partial charge in [0.1, 0.15) is 16.4 Å². The molecule has 2 aromatic rings. The number of ether oxygens (including phenoxy) is 2. The van der Waals surface area contributed by atoms with Crippen molar-refractivity contribution in [3.05, 3.63) is 48.0 Å². The number of hydrogen-bond acceptors (Lipinski definition) is 4. The first-order valence-corrected chi connectivity index (χ1v) is 8.12. The summed E-state index contributed by atoms with van der Waals surface area (Å²) in [6.07, 6.45) is 0. The van der Waals surface area contributed by atoms with Crippen molar-refractivity contribution in [3.63, 3.8) is 0 Å². The Morgan fingerprint density at radius 3 is 2.14 bits per heavy atom. The molecule has 0 unspecified atom stereocenters. The molecule has 0 spiro atoms. The van der Waals surface area contributed by atoms with Gasteiger partial charge in [-0.25, -0.2) is 8.42 Å². The van der Waals surface area contributed by atoms with Gasteiger partial charge in [0.15, 0.2) is 0 Å². The average molecular weight is 321 g/mol. The molecule has 0 atom stereocenters. The average Bonchev–Trinajstić information content (AvgIpc) is 2.54. The maximum absolute atomic E-state index is 12.8. The zero-order valence-corrected chi connectivity index (χ0v) is 13.8. The van der Waals surface area contributed by atoms with Crippen molar-refractivity contribution in [2.24, 2.45) is 0 Å². The second kappa shape index (κ2) is 6.27. The Bertz CT molecular complexity index is 754. The highest BCUT2D eigenvalue weighted by Gasteiger charge is 2.25. The molecular weight excluding hydrogens is 302 g/mol. The fraction of sp³-hybridized carbons (Fsp3) is 0.250. The molecule has 0 aliphatic carbocycles. The number of rotatable bonds is 5. The van der Waals surface area contributed by atoms with Gasteiger partial charge in [0, 0.05) is 7.05 Å². The van der Waals surface area contributed by atoms with Crippen LogP contribution in [0.3, 0.4) is 0 Å². The first kappa shape index (κ1) is 16.2. The van der Waals surface area contributed by atoms with E-state index in [9.17, 15) is 8.42 Å². The zero-order chi connectivity index (χ0) is 16.3. The summed E-state index contributed by atoms with van der Waals surface area (Å²) in [5, 5.41) is 0. The molecule has 0 aliphatic rings. The SMILES string of the molecule is COc1ccc(N(C)S(=O)(=O)c2cc(C)ccc2OC)cc1. The summed E-state index contributed by atoms with van der Waals surface area (Å²) in [5.41, 5.74) is 1.40. The van der Waals surface area contributed by atoms with Crippen LogP contribution in [0.2, 0.25) is 0 Å². The van der Waals surface area contributed by atoms with E-state index in [0.29, 0.717) is 17.2 Å². The monoisotopic (exact) mass is 321 g/mol. The van der Waals surface area contributed by atoms with Crippen LogP contribution in [-0.2, 0) is 10.0 Å². The second-order valence-corrected chi connectivity index (χ2v) is 6.76. The molecule has 22 heavy (non-hydrogen) atoms. The van der Waals surface area contributed by atoms with Gasteiger partial charge in [-0.1, -0.05) is 6.07 Å². The smallest absolute Gasteiger partial charge is 0.267 e. The quantitative estimate of drug-likeness (QED) is 0.850. The molecule has 118 valence electrons. The van der Waals surface area contributed by atoms with E-state index >= 15 is 0 Å². The van der Waals surface area contributed by atoms with Gasteiger partial charge in [0.05, 0.1) is 19.9 Å². The topological polar surface area (TPSA) is 55.8 Å². The number of methoxy groups -OCH3 is 2. The predicted octanol–water partition coefficient (Wildman–Crippen LogP) is 2.84. The van der Waals surface area contributed by atoms with E-state index in [4.69, 9.17) is 9.47 Å². The third kappa shape index (κ3) is 3.01. The van der Waals surface area contributed by atoms with Gasteiger partial charge < -0.3 is 9.47 Å². The largest absolute Gasteiger partial charge is 0.497 e. The number of anilines is 1. The third-order valence-electron chi connectivity index (χ3n) is 3.39. The van der Waals surface area contributed by atoms with Crippen LogP contribution in [0.15, 0.2) is 47.4 Å². The molecule has 0 radical (unpaired) electrons. The number of aryl methyl sites for hydroxylation is 1. The fourth-order valence-electron chi connectivity index (χ4n) is 2.06. The van der Waals surface area contributed by atoms with Crippen LogP contribution in [-0.4, -0.2) is 29.7 Å². The Kier molecular flexibility index (Phi) is 4.61. The maximum Gasteiger partial charge on any atom is 0.267 e. The molecule has 2 rings (SSSR count). The first-order valence-electron chi connectivity index (χ1n) is 6.67. The standard InChI is InChI=1S/C16H19NO4S/c1-12-5-10-15(21-4)16(11-12)22(18,19)17(2)13-6-8-14(20-3)9-7-13/h5-11H,1-4H3. The van der Waals surface area contributed by atoms with Crippen LogP contribution in [0.5, 0.6) is 11.5 Å². The van der Waals surface area contributed by atoms with Crippen molar-refractivity contribution < 1.29 is 17.9 Å². The van der Waals surface area contributed by atoms with Gasteiger partial charge in [0.25, 0.3) is 10.0 Å². The summed E-state index contributed by atoms with van der Waals surface area (Å²) in [6.45, 7) is 1.84. The Balaban J connectivity index is 2.46. The molecule has 0 fully saturated rings. The van der Waals surface area contributed by atoms with Crippen molar-refractivity contribution in [2.75, 3.05) is 25.6 Å². The van der Waals surface area contributed by atoms with Crippen molar-refractivity contribution in [2.45, 2.75) is 11.8 Å². The lowest BCUT2D eigenvalue weighted by Gasteiger charge is -2.21.